The van der Waals surface area contributed by atoms with Crippen LogP contribution in [0, 0.1) is 0 Å². The second-order valence-electron chi connectivity index (χ2n) is 6.16. The molecule has 0 spiro atoms. The molecule has 1 heterocycles. The number of ether oxygens (including phenoxy) is 2. The van der Waals surface area contributed by atoms with Gasteiger partial charge in [0.1, 0.15) is 6.54 Å². The molecule has 3 N–H and O–H groups in total. The molecule has 0 aliphatic heterocycles. The fourth-order valence-electron chi connectivity index (χ4n) is 1.88. The van der Waals surface area contributed by atoms with Gasteiger partial charge in [0, 0.05) is 17.2 Å². The topological polar surface area (TPSA) is 108 Å². The average Bonchev–Trinajstić information content (AvgIpc) is 3.02. The van der Waals surface area contributed by atoms with Gasteiger partial charge in [0.2, 0.25) is 5.89 Å². The van der Waals surface area contributed by atoms with E-state index in [0.717, 1.165) is 5.69 Å². The van der Waals surface area contributed by atoms with Gasteiger partial charge in [0.05, 0.1) is 14.2 Å². The standard InChI is InChI=1S/C16H23N5O3.HI/c1-16(2,3)14-20-13(21-24-14)9-18-15(17)19-10-6-7-11(22-4)12(8-10)23-5;/h6-8H,9H2,1-5H3,(H3,17,18,19);1H. The van der Waals surface area contributed by atoms with Crippen molar-refractivity contribution in [2.75, 3.05) is 19.5 Å². The summed E-state index contributed by atoms with van der Waals surface area (Å²) in [6, 6.07) is 5.37. The van der Waals surface area contributed by atoms with E-state index in [4.69, 9.17) is 19.7 Å². The number of nitrogens with zero attached hydrogens (tertiary/aromatic N) is 3. The molecular weight excluding hydrogens is 437 g/mol. The molecule has 0 bridgehead atoms. The van der Waals surface area contributed by atoms with Crippen molar-refractivity contribution in [2.45, 2.75) is 32.7 Å². The lowest BCUT2D eigenvalue weighted by Crippen LogP contribution is -2.22. The Balaban J connectivity index is 0.00000312. The summed E-state index contributed by atoms with van der Waals surface area (Å²) in [4.78, 5) is 8.52. The molecule has 0 atom stereocenters. The van der Waals surface area contributed by atoms with E-state index >= 15 is 0 Å². The van der Waals surface area contributed by atoms with Gasteiger partial charge in [-0.1, -0.05) is 25.9 Å². The minimum atomic E-state index is -0.196. The maximum absolute atomic E-state index is 5.89. The molecule has 138 valence electrons. The lowest BCUT2D eigenvalue weighted by atomic mass is 9.97. The molecule has 0 amide bonds. The van der Waals surface area contributed by atoms with Crippen molar-refractivity contribution in [3.63, 3.8) is 0 Å². The first kappa shape index (κ1) is 21.0. The molecule has 8 nitrogen and oxygen atoms in total. The van der Waals surface area contributed by atoms with E-state index in [1.54, 1.807) is 26.4 Å². The molecule has 0 saturated heterocycles. The number of aliphatic imine (C=N–C) groups is 1. The third kappa shape index (κ3) is 5.76. The van der Waals surface area contributed by atoms with Crippen molar-refractivity contribution >= 4 is 35.6 Å². The maximum atomic E-state index is 5.89. The number of halogens is 1. The Kier molecular flexibility index (Phi) is 7.46. The van der Waals surface area contributed by atoms with E-state index < -0.39 is 0 Å². The van der Waals surface area contributed by atoms with Crippen LogP contribution in [0.25, 0.3) is 0 Å². The number of rotatable bonds is 5. The summed E-state index contributed by atoms with van der Waals surface area (Å²) in [5.41, 5.74) is 6.43. The van der Waals surface area contributed by atoms with Gasteiger partial charge in [-0.2, -0.15) is 4.98 Å². The van der Waals surface area contributed by atoms with Crippen LogP contribution < -0.4 is 20.5 Å². The van der Waals surface area contributed by atoms with Gasteiger partial charge in [-0.3, -0.25) is 0 Å². The molecule has 2 rings (SSSR count). The number of aromatic nitrogens is 2. The van der Waals surface area contributed by atoms with Gasteiger partial charge in [0.25, 0.3) is 0 Å². The molecule has 25 heavy (non-hydrogen) atoms. The van der Waals surface area contributed by atoms with E-state index in [-0.39, 0.29) is 41.9 Å². The third-order valence-corrected chi connectivity index (χ3v) is 3.16. The summed E-state index contributed by atoms with van der Waals surface area (Å²) in [7, 11) is 3.15. The van der Waals surface area contributed by atoms with Gasteiger partial charge in [-0.05, 0) is 12.1 Å². The average molecular weight is 461 g/mol. The highest BCUT2D eigenvalue weighted by atomic mass is 127. The molecule has 1 aromatic heterocycles. The lowest BCUT2D eigenvalue weighted by Gasteiger charge is -2.10. The van der Waals surface area contributed by atoms with Crippen LogP contribution in [0.3, 0.4) is 0 Å². The number of hydrogen-bond donors (Lipinski definition) is 2. The molecule has 0 fully saturated rings. The summed E-state index contributed by atoms with van der Waals surface area (Å²) in [6.45, 7) is 6.23. The van der Waals surface area contributed by atoms with E-state index in [9.17, 15) is 0 Å². The quantitative estimate of drug-likeness (QED) is 0.401. The van der Waals surface area contributed by atoms with E-state index in [0.29, 0.717) is 23.2 Å². The predicted molar refractivity (Wildman–Crippen MR) is 107 cm³/mol. The fourth-order valence-corrected chi connectivity index (χ4v) is 1.88. The molecule has 9 heteroatoms. The van der Waals surface area contributed by atoms with Gasteiger partial charge in [-0.15, -0.1) is 24.0 Å². The summed E-state index contributed by atoms with van der Waals surface area (Å²) in [6.07, 6.45) is 0. The van der Waals surface area contributed by atoms with E-state index in [2.05, 4.69) is 20.4 Å². The number of anilines is 1. The van der Waals surface area contributed by atoms with Crippen molar-refractivity contribution in [1.82, 2.24) is 10.1 Å². The molecule has 2 aromatic rings. The number of nitrogens with one attached hydrogen (secondary N) is 1. The minimum absolute atomic E-state index is 0. The zero-order valence-electron chi connectivity index (χ0n) is 15.0. The molecule has 0 unspecified atom stereocenters. The first-order valence-electron chi connectivity index (χ1n) is 7.45. The normalized spacial score (nSPS) is 11.6. The van der Waals surface area contributed by atoms with Crippen molar-refractivity contribution in [3.8, 4) is 11.5 Å². The smallest absolute Gasteiger partial charge is 0.232 e. The zero-order chi connectivity index (χ0) is 17.7. The van der Waals surface area contributed by atoms with Crippen LogP contribution >= 0.6 is 24.0 Å². The third-order valence-electron chi connectivity index (χ3n) is 3.16. The van der Waals surface area contributed by atoms with Gasteiger partial charge >= 0.3 is 0 Å². The molecule has 0 aliphatic rings. The van der Waals surface area contributed by atoms with Gasteiger partial charge in [0.15, 0.2) is 23.3 Å². The second kappa shape index (κ2) is 8.88. The second-order valence-corrected chi connectivity index (χ2v) is 6.16. The number of nitrogens with two attached hydrogens (primary N) is 1. The fraction of sp³-hybridized carbons (Fsp3) is 0.438. The minimum Gasteiger partial charge on any atom is -0.493 e. The number of hydrogen-bond acceptors (Lipinski definition) is 6. The summed E-state index contributed by atoms with van der Waals surface area (Å²) in [5.74, 6) is 2.53. The molecule has 0 aliphatic carbocycles. The molecule has 1 aromatic carbocycles. The Hall–Kier alpha value is -2.04. The van der Waals surface area contributed by atoms with Crippen molar-refractivity contribution in [3.05, 3.63) is 29.9 Å². The lowest BCUT2D eigenvalue weighted by molar-refractivity contribution is 0.318. The number of methoxy groups -OCH3 is 2. The van der Waals surface area contributed by atoms with E-state index in [1.807, 2.05) is 26.8 Å². The monoisotopic (exact) mass is 461 g/mol. The highest BCUT2D eigenvalue weighted by Gasteiger charge is 2.21. The Labute approximate surface area is 164 Å². The molecule has 0 radical (unpaired) electrons. The maximum Gasteiger partial charge on any atom is 0.232 e. The van der Waals surface area contributed by atoms with Crippen LogP contribution in [-0.2, 0) is 12.0 Å². The summed E-state index contributed by atoms with van der Waals surface area (Å²) >= 11 is 0. The first-order valence-corrected chi connectivity index (χ1v) is 7.45. The van der Waals surface area contributed by atoms with Crippen LogP contribution in [0.2, 0.25) is 0 Å². The van der Waals surface area contributed by atoms with E-state index in [1.165, 1.54) is 0 Å². The highest BCUT2D eigenvalue weighted by Crippen LogP contribution is 2.29. The Morgan fingerprint density at radius 1 is 1.24 bits per heavy atom. The summed E-state index contributed by atoms with van der Waals surface area (Å²) in [5, 5.41) is 6.88. The van der Waals surface area contributed by atoms with Crippen LogP contribution in [0.15, 0.2) is 27.7 Å². The number of guanidine groups is 1. The summed E-state index contributed by atoms with van der Waals surface area (Å²) < 4.78 is 15.6. The molecular formula is C16H24IN5O3. The first-order chi connectivity index (χ1) is 11.3. The Bertz CT molecular complexity index is 725. The number of benzene rings is 1. The van der Waals surface area contributed by atoms with Crippen molar-refractivity contribution < 1.29 is 14.0 Å². The SMILES string of the molecule is COc1ccc(NC(N)=NCc2noc(C(C)(C)C)n2)cc1OC.I. The molecule has 0 saturated carbocycles. The van der Waals surface area contributed by atoms with Crippen molar-refractivity contribution in [2.24, 2.45) is 10.7 Å². The van der Waals surface area contributed by atoms with Gasteiger partial charge in [-0.25, -0.2) is 4.99 Å². The predicted octanol–water partition coefficient (Wildman–Crippen LogP) is 2.93. The van der Waals surface area contributed by atoms with Crippen LogP contribution in [0.5, 0.6) is 11.5 Å². The van der Waals surface area contributed by atoms with Crippen LogP contribution in [0.1, 0.15) is 32.5 Å². The van der Waals surface area contributed by atoms with Crippen LogP contribution in [-0.4, -0.2) is 30.3 Å². The van der Waals surface area contributed by atoms with Gasteiger partial charge < -0.3 is 25.0 Å². The zero-order valence-corrected chi connectivity index (χ0v) is 17.3. The Morgan fingerprint density at radius 3 is 2.48 bits per heavy atom. The van der Waals surface area contributed by atoms with Crippen molar-refractivity contribution in [1.29, 1.82) is 0 Å². The van der Waals surface area contributed by atoms with Crippen LogP contribution in [0.4, 0.5) is 5.69 Å². The largest absolute Gasteiger partial charge is 0.493 e. The Morgan fingerprint density at radius 2 is 1.92 bits per heavy atom. The highest BCUT2D eigenvalue weighted by molar-refractivity contribution is 14.0.